The van der Waals surface area contributed by atoms with Gasteiger partial charge in [0, 0.05) is 6.04 Å². The Morgan fingerprint density at radius 3 is 3.07 bits per heavy atom. The number of nitrogens with two attached hydrogens (primary N) is 1. The van der Waals surface area contributed by atoms with Gasteiger partial charge in [-0.05, 0) is 37.5 Å². The quantitative estimate of drug-likeness (QED) is 0.797. The molecule has 0 radical (unpaired) electrons. The third kappa shape index (κ3) is 2.27. The van der Waals surface area contributed by atoms with E-state index in [9.17, 15) is 4.79 Å². The molecule has 0 saturated carbocycles. The van der Waals surface area contributed by atoms with Crippen molar-refractivity contribution in [2.45, 2.75) is 25.8 Å². The fourth-order valence-corrected chi connectivity index (χ4v) is 1.54. The van der Waals surface area contributed by atoms with Crippen LogP contribution in [0.25, 0.3) is 11.1 Å². The molecule has 1 heterocycles. The first-order chi connectivity index (χ1) is 7.15. The highest BCUT2D eigenvalue weighted by Gasteiger charge is 2.02. The number of fused-ring (bicyclic) bond motifs is 1. The monoisotopic (exact) mass is 206 g/mol. The Kier molecular flexibility index (Phi) is 2.60. The van der Waals surface area contributed by atoms with E-state index < -0.39 is 5.76 Å². The summed E-state index contributed by atoms with van der Waals surface area (Å²) in [7, 11) is 0. The summed E-state index contributed by atoms with van der Waals surface area (Å²) in [6.45, 7) is 1.98. The molecular formula is C11H14N2O2. The van der Waals surface area contributed by atoms with E-state index >= 15 is 0 Å². The lowest BCUT2D eigenvalue weighted by atomic mass is 10.1. The molecule has 1 atom stereocenters. The fraction of sp³-hybridized carbons (Fsp3) is 0.364. The number of aromatic amines is 1. The van der Waals surface area contributed by atoms with Gasteiger partial charge in [-0.25, -0.2) is 4.79 Å². The van der Waals surface area contributed by atoms with Gasteiger partial charge in [0.15, 0.2) is 5.58 Å². The van der Waals surface area contributed by atoms with Gasteiger partial charge >= 0.3 is 5.76 Å². The Morgan fingerprint density at radius 1 is 1.53 bits per heavy atom. The molecule has 15 heavy (non-hydrogen) atoms. The van der Waals surface area contributed by atoms with E-state index in [-0.39, 0.29) is 6.04 Å². The van der Waals surface area contributed by atoms with Gasteiger partial charge in [-0.3, -0.25) is 4.98 Å². The molecule has 0 spiro atoms. The van der Waals surface area contributed by atoms with Crippen LogP contribution in [-0.4, -0.2) is 11.0 Å². The van der Waals surface area contributed by atoms with E-state index in [1.54, 1.807) is 0 Å². The van der Waals surface area contributed by atoms with E-state index in [0.29, 0.717) is 5.58 Å². The molecule has 0 aliphatic heterocycles. The minimum Gasteiger partial charge on any atom is -0.408 e. The maximum atomic E-state index is 10.9. The van der Waals surface area contributed by atoms with Gasteiger partial charge in [-0.2, -0.15) is 0 Å². The molecule has 4 nitrogen and oxygen atoms in total. The van der Waals surface area contributed by atoms with Crippen LogP contribution in [0, 0.1) is 0 Å². The molecule has 2 rings (SSSR count). The predicted molar refractivity (Wildman–Crippen MR) is 58.8 cm³/mol. The van der Waals surface area contributed by atoms with Gasteiger partial charge in [-0.15, -0.1) is 0 Å². The molecule has 2 aromatic rings. The van der Waals surface area contributed by atoms with E-state index in [2.05, 4.69) is 4.98 Å². The minimum atomic E-state index is -0.408. The topological polar surface area (TPSA) is 72.0 Å². The molecule has 4 heteroatoms. The van der Waals surface area contributed by atoms with Crippen molar-refractivity contribution in [3.8, 4) is 0 Å². The van der Waals surface area contributed by atoms with Crippen molar-refractivity contribution >= 4 is 11.1 Å². The van der Waals surface area contributed by atoms with Crippen molar-refractivity contribution in [2.24, 2.45) is 5.73 Å². The zero-order chi connectivity index (χ0) is 10.8. The average Bonchev–Trinajstić information content (AvgIpc) is 2.53. The second kappa shape index (κ2) is 3.90. The van der Waals surface area contributed by atoms with Gasteiger partial charge in [0.05, 0.1) is 5.52 Å². The number of aryl methyl sites for hydroxylation is 1. The third-order valence-corrected chi connectivity index (χ3v) is 2.37. The van der Waals surface area contributed by atoms with Crippen LogP contribution >= 0.6 is 0 Å². The molecule has 0 bridgehead atoms. The number of nitrogens with one attached hydrogen (secondary N) is 1. The Balaban J connectivity index is 2.26. The number of benzene rings is 1. The van der Waals surface area contributed by atoms with E-state index in [1.165, 1.54) is 0 Å². The van der Waals surface area contributed by atoms with E-state index in [4.69, 9.17) is 10.2 Å². The molecule has 80 valence electrons. The lowest BCUT2D eigenvalue weighted by Gasteiger charge is -2.04. The van der Waals surface area contributed by atoms with Crippen LogP contribution in [0.15, 0.2) is 27.4 Å². The predicted octanol–water partition coefficient (Wildman–Crippen LogP) is 1.40. The van der Waals surface area contributed by atoms with Crippen molar-refractivity contribution in [3.05, 3.63) is 34.3 Å². The fourth-order valence-electron chi connectivity index (χ4n) is 1.54. The van der Waals surface area contributed by atoms with Crippen molar-refractivity contribution in [3.63, 3.8) is 0 Å². The summed E-state index contributed by atoms with van der Waals surface area (Å²) < 4.78 is 4.97. The molecule has 0 amide bonds. The number of H-pyrrole nitrogens is 1. The van der Waals surface area contributed by atoms with Gasteiger partial charge < -0.3 is 10.2 Å². The second-order valence-electron chi connectivity index (χ2n) is 3.86. The molecular weight excluding hydrogens is 192 g/mol. The first-order valence-corrected chi connectivity index (χ1v) is 5.02. The SMILES string of the molecule is CC(N)CCc1ccc2[nH]c(=O)oc2c1. The summed E-state index contributed by atoms with van der Waals surface area (Å²) in [4.78, 5) is 13.5. The first kappa shape index (κ1) is 9.98. The molecule has 0 fully saturated rings. The van der Waals surface area contributed by atoms with E-state index in [0.717, 1.165) is 23.9 Å². The highest BCUT2D eigenvalue weighted by molar-refractivity contribution is 5.72. The smallest absolute Gasteiger partial charge is 0.408 e. The van der Waals surface area contributed by atoms with Crippen molar-refractivity contribution in [1.82, 2.24) is 4.98 Å². The number of aromatic nitrogens is 1. The van der Waals surface area contributed by atoms with Crippen molar-refractivity contribution in [1.29, 1.82) is 0 Å². The molecule has 1 aromatic heterocycles. The number of rotatable bonds is 3. The average molecular weight is 206 g/mol. The zero-order valence-electron chi connectivity index (χ0n) is 8.62. The van der Waals surface area contributed by atoms with Crippen molar-refractivity contribution < 1.29 is 4.42 Å². The van der Waals surface area contributed by atoms with Crippen LogP contribution in [0.4, 0.5) is 0 Å². The minimum absolute atomic E-state index is 0.193. The molecule has 1 unspecified atom stereocenters. The summed E-state index contributed by atoms with van der Waals surface area (Å²) in [5.74, 6) is -0.408. The van der Waals surface area contributed by atoms with Crippen LogP contribution in [0.3, 0.4) is 0 Å². The van der Waals surface area contributed by atoms with Crippen LogP contribution in [0.5, 0.6) is 0 Å². The highest BCUT2D eigenvalue weighted by atomic mass is 16.4. The van der Waals surface area contributed by atoms with Crippen LogP contribution in [-0.2, 0) is 6.42 Å². The lowest BCUT2D eigenvalue weighted by molar-refractivity contribution is 0.554. The summed E-state index contributed by atoms with van der Waals surface area (Å²) in [5.41, 5.74) is 8.17. The van der Waals surface area contributed by atoms with Gasteiger partial charge in [-0.1, -0.05) is 6.07 Å². The summed E-state index contributed by atoms with van der Waals surface area (Å²) in [6.07, 6.45) is 1.84. The molecule has 3 N–H and O–H groups in total. The Bertz CT molecular complexity index is 511. The number of hydrogen-bond acceptors (Lipinski definition) is 3. The van der Waals surface area contributed by atoms with Crippen molar-refractivity contribution in [2.75, 3.05) is 0 Å². The normalized spacial score (nSPS) is 13.2. The second-order valence-corrected chi connectivity index (χ2v) is 3.86. The van der Waals surface area contributed by atoms with Gasteiger partial charge in [0.1, 0.15) is 0 Å². The molecule has 1 aromatic carbocycles. The van der Waals surface area contributed by atoms with Crippen LogP contribution < -0.4 is 11.5 Å². The number of oxazole rings is 1. The molecule has 0 aliphatic rings. The third-order valence-electron chi connectivity index (χ3n) is 2.37. The Hall–Kier alpha value is -1.55. The Morgan fingerprint density at radius 2 is 2.33 bits per heavy atom. The number of hydrogen-bond donors (Lipinski definition) is 2. The van der Waals surface area contributed by atoms with E-state index in [1.807, 2.05) is 25.1 Å². The summed E-state index contributed by atoms with van der Waals surface area (Å²) in [6, 6.07) is 5.92. The lowest BCUT2D eigenvalue weighted by Crippen LogP contribution is -2.15. The van der Waals surface area contributed by atoms with Crippen LogP contribution in [0.1, 0.15) is 18.9 Å². The Labute approximate surface area is 87.1 Å². The maximum absolute atomic E-state index is 10.9. The largest absolute Gasteiger partial charge is 0.417 e. The van der Waals surface area contributed by atoms with Gasteiger partial charge in [0.25, 0.3) is 0 Å². The van der Waals surface area contributed by atoms with Gasteiger partial charge in [0.2, 0.25) is 0 Å². The zero-order valence-corrected chi connectivity index (χ0v) is 8.62. The summed E-state index contributed by atoms with van der Waals surface area (Å²) in [5, 5.41) is 0. The standard InChI is InChI=1S/C11H14N2O2/c1-7(12)2-3-8-4-5-9-10(6-8)15-11(14)13-9/h4-7H,2-3,12H2,1H3,(H,13,14). The molecule has 0 aliphatic carbocycles. The summed E-state index contributed by atoms with van der Waals surface area (Å²) >= 11 is 0. The highest BCUT2D eigenvalue weighted by Crippen LogP contribution is 2.13. The maximum Gasteiger partial charge on any atom is 0.417 e. The molecule has 0 saturated heterocycles. The first-order valence-electron chi connectivity index (χ1n) is 5.02. The van der Waals surface area contributed by atoms with Crippen LogP contribution in [0.2, 0.25) is 0 Å².